The number of rotatable bonds is 2. The van der Waals surface area contributed by atoms with Crippen molar-refractivity contribution >= 4 is 0 Å². The van der Waals surface area contributed by atoms with Crippen LogP contribution in [0.2, 0.25) is 0 Å². The van der Waals surface area contributed by atoms with E-state index in [0.29, 0.717) is 11.3 Å². The fourth-order valence-electron chi connectivity index (χ4n) is 2.76. The third-order valence-electron chi connectivity index (χ3n) is 4.09. The van der Waals surface area contributed by atoms with Gasteiger partial charge in [-0.3, -0.25) is 0 Å². The van der Waals surface area contributed by atoms with Crippen LogP contribution in [0.1, 0.15) is 51.0 Å². The second-order valence-corrected chi connectivity index (χ2v) is 4.99. The lowest BCUT2D eigenvalue weighted by molar-refractivity contribution is 0.276. The lowest BCUT2D eigenvalue weighted by Crippen LogP contribution is -2.19. The SMILES string of the molecule is CC(c1ccccc1)C1(C)CCCC1. The average Bonchev–Trinajstić information content (AvgIpc) is 2.67. The summed E-state index contributed by atoms with van der Waals surface area (Å²) in [4.78, 5) is 0. The first-order valence-corrected chi connectivity index (χ1v) is 5.77. The lowest BCUT2D eigenvalue weighted by atomic mass is 9.73. The maximum Gasteiger partial charge on any atom is -0.0136 e. The van der Waals surface area contributed by atoms with Crippen LogP contribution in [-0.2, 0) is 0 Å². The van der Waals surface area contributed by atoms with E-state index in [1.54, 1.807) is 0 Å². The van der Waals surface area contributed by atoms with Crippen molar-refractivity contribution in [3.8, 4) is 0 Å². The third-order valence-corrected chi connectivity index (χ3v) is 4.09. The molecule has 0 amide bonds. The van der Waals surface area contributed by atoms with E-state index in [0.717, 1.165) is 0 Å². The normalized spacial score (nSPS) is 22.1. The third kappa shape index (κ3) is 1.70. The van der Waals surface area contributed by atoms with Crippen LogP contribution in [0.15, 0.2) is 30.3 Å². The summed E-state index contributed by atoms with van der Waals surface area (Å²) in [6, 6.07) is 11.0. The van der Waals surface area contributed by atoms with Crippen LogP contribution in [-0.4, -0.2) is 0 Å². The van der Waals surface area contributed by atoms with Crippen LogP contribution < -0.4 is 0 Å². The molecule has 1 aliphatic carbocycles. The first kappa shape index (κ1) is 9.76. The second-order valence-electron chi connectivity index (χ2n) is 4.99. The molecule has 14 heavy (non-hydrogen) atoms. The summed E-state index contributed by atoms with van der Waals surface area (Å²) < 4.78 is 0. The summed E-state index contributed by atoms with van der Waals surface area (Å²) in [5, 5.41) is 0. The molecule has 0 N–H and O–H groups in total. The molecule has 0 heterocycles. The molecule has 0 bridgehead atoms. The van der Waals surface area contributed by atoms with Crippen LogP contribution in [0.3, 0.4) is 0 Å². The van der Waals surface area contributed by atoms with Crippen molar-refractivity contribution in [2.45, 2.75) is 45.4 Å². The van der Waals surface area contributed by atoms with Gasteiger partial charge in [-0.05, 0) is 29.7 Å². The molecule has 1 atom stereocenters. The number of hydrogen-bond acceptors (Lipinski definition) is 0. The Kier molecular flexibility index (Phi) is 2.62. The molecule has 1 aromatic carbocycles. The van der Waals surface area contributed by atoms with Crippen LogP contribution in [0.5, 0.6) is 0 Å². The summed E-state index contributed by atoms with van der Waals surface area (Å²) in [5.74, 6) is 0.714. The Morgan fingerprint density at radius 1 is 1.07 bits per heavy atom. The fraction of sp³-hybridized carbons (Fsp3) is 0.571. The first-order chi connectivity index (χ1) is 6.72. The van der Waals surface area contributed by atoms with Crippen LogP contribution in [0.25, 0.3) is 0 Å². The fourth-order valence-corrected chi connectivity index (χ4v) is 2.76. The van der Waals surface area contributed by atoms with E-state index in [2.05, 4.69) is 44.2 Å². The highest BCUT2D eigenvalue weighted by Crippen LogP contribution is 2.48. The van der Waals surface area contributed by atoms with Gasteiger partial charge in [0.25, 0.3) is 0 Å². The molecule has 0 aromatic heterocycles. The van der Waals surface area contributed by atoms with Gasteiger partial charge < -0.3 is 0 Å². The predicted molar refractivity (Wildman–Crippen MR) is 61.4 cm³/mol. The van der Waals surface area contributed by atoms with Crippen molar-refractivity contribution < 1.29 is 0 Å². The molecule has 1 aromatic rings. The second kappa shape index (κ2) is 3.76. The standard InChI is InChI=1S/C14H20/c1-12(13-8-4-3-5-9-13)14(2)10-6-7-11-14/h3-5,8-9,12H,6-7,10-11H2,1-2H3. The largest absolute Gasteiger partial charge is 0.0622 e. The van der Waals surface area contributed by atoms with Gasteiger partial charge in [0.2, 0.25) is 0 Å². The average molecular weight is 188 g/mol. The minimum absolute atomic E-state index is 0.557. The Morgan fingerprint density at radius 3 is 2.21 bits per heavy atom. The molecule has 0 aliphatic heterocycles. The van der Waals surface area contributed by atoms with Gasteiger partial charge >= 0.3 is 0 Å². The van der Waals surface area contributed by atoms with Crippen LogP contribution in [0.4, 0.5) is 0 Å². The Labute approximate surface area is 87.3 Å². The van der Waals surface area contributed by atoms with Crippen molar-refractivity contribution in [1.82, 2.24) is 0 Å². The molecule has 1 aliphatic rings. The first-order valence-electron chi connectivity index (χ1n) is 5.77. The Bertz CT molecular complexity index is 280. The zero-order valence-corrected chi connectivity index (χ0v) is 9.29. The van der Waals surface area contributed by atoms with Gasteiger partial charge in [0, 0.05) is 0 Å². The van der Waals surface area contributed by atoms with Crippen molar-refractivity contribution in [2.75, 3.05) is 0 Å². The maximum atomic E-state index is 2.46. The summed E-state index contributed by atoms with van der Waals surface area (Å²) in [6.45, 7) is 4.85. The molecule has 1 unspecified atom stereocenters. The number of benzene rings is 1. The minimum atomic E-state index is 0.557. The monoisotopic (exact) mass is 188 g/mol. The van der Waals surface area contributed by atoms with Crippen molar-refractivity contribution in [3.05, 3.63) is 35.9 Å². The zero-order chi connectivity index (χ0) is 10.0. The van der Waals surface area contributed by atoms with Gasteiger partial charge in [0.1, 0.15) is 0 Å². The van der Waals surface area contributed by atoms with Gasteiger partial charge in [-0.2, -0.15) is 0 Å². The highest BCUT2D eigenvalue weighted by atomic mass is 14.4. The van der Waals surface area contributed by atoms with Gasteiger partial charge in [0.05, 0.1) is 0 Å². The molecule has 0 saturated heterocycles. The van der Waals surface area contributed by atoms with Gasteiger partial charge in [0.15, 0.2) is 0 Å². The number of hydrogen-bond donors (Lipinski definition) is 0. The molecule has 2 rings (SSSR count). The van der Waals surface area contributed by atoms with E-state index in [-0.39, 0.29) is 0 Å². The van der Waals surface area contributed by atoms with E-state index in [1.807, 2.05) is 0 Å². The van der Waals surface area contributed by atoms with E-state index >= 15 is 0 Å². The molecule has 76 valence electrons. The minimum Gasteiger partial charge on any atom is -0.0622 e. The van der Waals surface area contributed by atoms with E-state index < -0.39 is 0 Å². The predicted octanol–water partition coefficient (Wildman–Crippen LogP) is 4.37. The Hall–Kier alpha value is -0.780. The van der Waals surface area contributed by atoms with E-state index in [4.69, 9.17) is 0 Å². The molecule has 0 spiro atoms. The molecule has 0 nitrogen and oxygen atoms in total. The van der Waals surface area contributed by atoms with Gasteiger partial charge in [-0.25, -0.2) is 0 Å². The zero-order valence-electron chi connectivity index (χ0n) is 9.29. The Morgan fingerprint density at radius 2 is 1.64 bits per heavy atom. The molecule has 1 saturated carbocycles. The van der Waals surface area contributed by atoms with Crippen LogP contribution in [0, 0.1) is 5.41 Å². The quantitative estimate of drug-likeness (QED) is 0.646. The molecule has 1 fully saturated rings. The van der Waals surface area contributed by atoms with Gasteiger partial charge in [-0.1, -0.05) is 57.0 Å². The van der Waals surface area contributed by atoms with Crippen molar-refractivity contribution in [1.29, 1.82) is 0 Å². The highest BCUT2D eigenvalue weighted by Gasteiger charge is 2.34. The van der Waals surface area contributed by atoms with Crippen molar-refractivity contribution in [2.24, 2.45) is 5.41 Å². The molecular weight excluding hydrogens is 168 g/mol. The summed E-state index contributed by atoms with van der Waals surface area (Å²) in [7, 11) is 0. The molecular formula is C14H20. The van der Waals surface area contributed by atoms with E-state index in [9.17, 15) is 0 Å². The molecule has 0 heteroatoms. The lowest BCUT2D eigenvalue weighted by Gasteiger charge is -2.31. The van der Waals surface area contributed by atoms with Gasteiger partial charge in [-0.15, -0.1) is 0 Å². The Balaban J connectivity index is 2.19. The maximum absolute atomic E-state index is 2.46. The smallest absolute Gasteiger partial charge is 0.0136 e. The summed E-state index contributed by atoms with van der Waals surface area (Å²) in [5.41, 5.74) is 2.07. The topological polar surface area (TPSA) is 0 Å². The summed E-state index contributed by atoms with van der Waals surface area (Å²) in [6.07, 6.45) is 5.66. The molecule has 0 radical (unpaired) electrons. The van der Waals surface area contributed by atoms with E-state index in [1.165, 1.54) is 31.2 Å². The van der Waals surface area contributed by atoms with Crippen LogP contribution >= 0.6 is 0 Å². The summed E-state index contributed by atoms with van der Waals surface area (Å²) >= 11 is 0. The van der Waals surface area contributed by atoms with Crippen molar-refractivity contribution in [3.63, 3.8) is 0 Å². The highest BCUT2D eigenvalue weighted by molar-refractivity contribution is 5.21.